The number of rotatable bonds is 2. The van der Waals surface area contributed by atoms with E-state index in [9.17, 15) is 13.2 Å². The second kappa shape index (κ2) is 4.36. The van der Waals surface area contributed by atoms with Crippen LogP contribution in [0.1, 0.15) is 6.42 Å². The Labute approximate surface area is 79.1 Å². The molecular formula is C6H9ClF3N3. The molecule has 1 heterocycles. The van der Waals surface area contributed by atoms with E-state index in [-0.39, 0.29) is 24.8 Å². The molecule has 1 aromatic heterocycles. The molecule has 1 aromatic rings. The maximum Gasteiger partial charge on any atom is 0.390 e. The Hall–Kier alpha value is -0.910. The van der Waals surface area contributed by atoms with E-state index in [2.05, 4.69) is 5.10 Å². The molecule has 0 amide bonds. The summed E-state index contributed by atoms with van der Waals surface area (Å²) in [5.74, 6) is 0.233. The van der Waals surface area contributed by atoms with Crippen molar-refractivity contribution in [1.29, 1.82) is 0 Å². The molecular weight excluding hydrogens is 207 g/mol. The molecule has 0 aliphatic heterocycles. The predicted molar refractivity (Wildman–Crippen MR) is 44.6 cm³/mol. The average molecular weight is 216 g/mol. The first kappa shape index (κ1) is 12.1. The monoisotopic (exact) mass is 215 g/mol. The molecule has 0 bridgehead atoms. The molecule has 0 aromatic carbocycles. The summed E-state index contributed by atoms with van der Waals surface area (Å²) in [5, 5.41) is 3.61. The van der Waals surface area contributed by atoms with Gasteiger partial charge in [-0.1, -0.05) is 0 Å². The summed E-state index contributed by atoms with van der Waals surface area (Å²) in [5.41, 5.74) is 5.20. The molecule has 0 unspecified atom stereocenters. The fourth-order valence-electron chi connectivity index (χ4n) is 0.743. The lowest BCUT2D eigenvalue weighted by atomic mass is 10.4. The molecule has 7 heteroatoms. The topological polar surface area (TPSA) is 43.8 Å². The van der Waals surface area contributed by atoms with Crippen LogP contribution in [0.25, 0.3) is 0 Å². The molecule has 0 aliphatic carbocycles. The first-order chi connectivity index (χ1) is 5.47. The quantitative estimate of drug-likeness (QED) is 0.818. The minimum atomic E-state index is -4.14. The lowest BCUT2D eigenvalue weighted by Crippen LogP contribution is -2.12. The molecule has 1 rings (SSSR count). The van der Waals surface area contributed by atoms with Crippen molar-refractivity contribution in [2.45, 2.75) is 19.1 Å². The SMILES string of the molecule is Cl.Nc1ccn(CCC(F)(F)F)n1. The van der Waals surface area contributed by atoms with Crippen LogP contribution in [0, 0.1) is 0 Å². The summed E-state index contributed by atoms with van der Waals surface area (Å²) in [6.45, 7) is -0.180. The fraction of sp³-hybridized carbons (Fsp3) is 0.500. The first-order valence-corrected chi connectivity index (χ1v) is 3.33. The number of halogens is 4. The Morgan fingerprint density at radius 3 is 2.46 bits per heavy atom. The number of nitrogen functional groups attached to an aromatic ring is 1. The minimum Gasteiger partial charge on any atom is -0.382 e. The van der Waals surface area contributed by atoms with Gasteiger partial charge in [0, 0.05) is 12.7 Å². The van der Waals surface area contributed by atoms with Gasteiger partial charge in [-0.15, -0.1) is 12.4 Å². The van der Waals surface area contributed by atoms with Crippen molar-refractivity contribution < 1.29 is 13.2 Å². The summed E-state index contributed by atoms with van der Waals surface area (Å²) in [7, 11) is 0. The van der Waals surface area contributed by atoms with Gasteiger partial charge in [0.2, 0.25) is 0 Å². The van der Waals surface area contributed by atoms with Crippen molar-refractivity contribution in [1.82, 2.24) is 9.78 Å². The summed E-state index contributed by atoms with van der Waals surface area (Å²) < 4.78 is 36.2. The third kappa shape index (κ3) is 4.62. The van der Waals surface area contributed by atoms with E-state index < -0.39 is 12.6 Å². The minimum absolute atomic E-state index is 0. The molecule has 13 heavy (non-hydrogen) atoms. The zero-order valence-electron chi connectivity index (χ0n) is 6.58. The third-order valence-electron chi connectivity index (χ3n) is 1.29. The van der Waals surface area contributed by atoms with E-state index in [1.165, 1.54) is 16.9 Å². The highest BCUT2D eigenvalue weighted by Gasteiger charge is 2.26. The number of aromatic nitrogens is 2. The second-order valence-electron chi connectivity index (χ2n) is 2.37. The van der Waals surface area contributed by atoms with Gasteiger partial charge in [-0.05, 0) is 6.07 Å². The predicted octanol–water partition coefficient (Wildman–Crippen LogP) is 1.84. The third-order valence-corrected chi connectivity index (χ3v) is 1.29. The van der Waals surface area contributed by atoms with Crippen molar-refractivity contribution in [2.75, 3.05) is 5.73 Å². The highest BCUT2D eigenvalue weighted by Crippen LogP contribution is 2.19. The van der Waals surface area contributed by atoms with Gasteiger partial charge in [0.05, 0.1) is 6.42 Å². The summed E-state index contributed by atoms with van der Waals surface area (Å²) in [6.07, 6.45) is -3.60. The summed E-state index contributed by atoms with van der Waals surface area (Å²) in [4.78, 5) is 0. The van der Waals surface area contributed by atoms with Crippen LogP contribution >= 0.6 is 12.4 Å². The Bertz CT molecular complexity index is 258. The fourth-order valence-corrected chi connectivity index (χ4v) is 0.743. The summed E-state index contributed by atoms with van der Waals surface area (Å²) >= 11 is 0. The van der Waals surface area contributed by atoms with Crippen molar-refractivity contribution in [3.8, 4) is 0 Å². The normalized spacial score (nSPS) is 11.0. The van der Waals surface area contributed by atoms with E-state index >= 15 is 0 Å². The molecule has 0 aliphatic rings. The van der Waals surface area contributed by atoms with Gasteiger partial charge in [-0.3, -0.25) is 4.68 Å². The molecule has 3 nitrogen and oxygen atoms in total. The standard InChI is InChI=1S/C6H8F3N3.ClH/c7-6(8,9)2-4-12-3-1-5(10)11-12;/h1,3H,2,4H2,(H2,10,11);1H. The zero-order chi connectivity index (χ0) is 9.19. The largest absolute Gasteiger partial charge is 0.390 e. The van der Waals surface area contributed by atoms with Crippen LogP contribution < -0.4 is 5.73 Å². The van der Waals surface area contributed by atoms with E-state index in [1.54, 1.807) is 0 Å². The molecule has 0 spiro atoms. The van der Waals surface area contributed by atoms with Crippen molar-refractivity contribution in [3.05, 3.63) is 12.3 Å². The first-order valence-electron chi connectivity index (χ1n) is 3.33. The lowest BCUT2D eigenvalue weighted by Gasteiger charge is -2.05. The number of aryl methyl sites for hydroxylation is 1. The number of nitrogens with two attached hydrogens (primary N) is 1. The van der Waals surface area contributed by atoms with E-state index in [1.807, 2.05) is 0 Å². The Morgan fingerprint density at radius 1 is 1.46 bits per heavy atom. The molecule has 0 atom stereocenters. The highest BCUT2D eigenvalue weighted by atomic mass is 35.5. The zero-order valence-corrected chi connectivity index (χ0v) is 7.40. The van der Waals surface area contributed by atoms with Crippen molar-refractivity contribution >= 4 is 18.2 Å². The van der Waals surface area contributed by atoms with Gasteiger partial charge >= 0.3 is 6.18 Å². The maximum atomic E-state index is 11.7. The summed E-state index contributed by atoms with van der Waals surface area (Å²) in [6, 6.07) is 1.45. The Morgan fingerprint density at radius 2 is 2.08 bits per heavy atom. The van der Waals surface area contributed by atoms with Crippen molar-refractivity contribution in [2.24, 2.45) is 0 Å². The van der Waals surface area contributed by atoms with E-state index in [4.69, 9.17) is 5.73 Å². The van der Waals surface area contributed by atoms with Crippen molar-refractivity contribution in [3.63, 3.8) is 0 Å². The van der Waals surface area contributed by atoms with Crippen LogP contribution in [0.5, 0.6) is 0 Å². The van der Waals surface area contributed by atoms with Gasteiger partial charge in [-0.2, -0.15) is 18.3 Å². The molecule has 0 saturated heterocycles. The van der Waals surface area contributed by atoms with Crippen LogP contribution in [0.2, 0.25) is 0 Å². The molecule has 2 N–H and O–H groups in total. The Kier molecular flexibility index (Phi) is 4.06. The number of alkyl halides is 3. The number of hydrogen-bond donors (Lipinski definition) is 1. The van der Waals surface area contributed by atoms with Gasteiger partial charge < -0.3 is 5.73 Å². The van der Waals surface area contributed by atoms with Gasteiger partial charge in [0.15, 0.2) is 0 Å². The molecule has 76 valence electrons. The van der Waals surface area contributed by atoms with E-state index in [0.717, 1.165) is 0 Å². The van der Waals surface area contributed by atoms with Gasteiger partial charge in [-0.25, -0.2) is 0 Å². The number of anilines is 1. The second-order valence-corrected chi connectivity index (χ2v) is 2.37. The number of hydrogen-bond acceptors (Lipinski definition) is 2. The molecule has 0 fully saturated rings. The van der Waals surface area contributed by atoms with Crippen LogP contribution in [0.3, 0.4) is 0 Å². The van der Waals surface area contributed by atoms with E-state index in [0.29, 0.717) is 0 Å². The highest BCUT2D eigenvalue weighted by molar-refractivity contribution is 5.85. The van der Waals surface area contributed by atoms with Gasteiger partial charge in [0.1, 0.15) is 5.82 Å². The molecule has 0 radical (unpaired) electrons. The average Bonchev–Trinajstić information content (AvgIpc) is 2.30. The van der Waals surface area contributed by atoms with Crippen LogP contribution in [0.4, 0.5) is 19.0 Å². The van der Waals surface area contributed by atoms with Gasteiger partial charge in [0.25, 0.3) is 0 Å². The van der Waals surface area contributed by atoms with Crippen LogP contribution in [-0.4, -0.2) is 16.0 Å². The molecule has 0 saturated carbocycles. The van der Waals surface area contributed by atoms with Crippen LogP contribution in [0.15, 0.2) is 12.3 Å². The van der Waals surface area contributed by atoms with Crippen LogP contribution in [-0.2, 0) is 6.54 Å². The maximum absolute atomic E-state index is 11.7. The lowest BCUT2D eigenvalue weighted by molar-refractivity contribution is -0.137. The Balaban J connectivity index is 0.00000144. The number of nitrogens with zero attached hydrogens (tertiary/aromatic N) is 2. The smallest absolute Gasteiger partial charge is 0.382 e.